The zero-order valence-corrected chi connectivity index (χ0v) is 17.3. The SMILES string of the molecule is Cc1cc(C(=O)CSc2n[nH]c3nc4ccccc4n23)c(C)n1C[C@@H]1CCCO1. The molecule has 3 aromatic heterocycles. The summed E-state index contributed by atoms with van der Waals surface area (Å²) >= 11 is 1.43. The van der Waals surface area contributed by atoms with Crippen molar-refractivity contribution in [1.29, 1.82) is 0 Å². The maximum absolute atomic E-state index is 13.0. The van der Waals surface area contributed by atoms with Crippen LogP contribution in [0.25, 0.3) is 16.8 Å². The third-order valence-electron chi connectivity index (χ3n) is 5.62. The molecule has 0 aliphatic carbocycles. The number of aromatic nitrogens is 5. The molecular formula is C21H23N5O2S. The van der Waals surface area contributed by atoms with Gasteiger partial charge in [0.2, 0.25) is 5.78 Å². The topological polar surface area (TPSA) is 77.2 Å². The highest BCUT2D eigenvalue weighted by atomic mass is 32.2. The van der Waals surface area contributed by atoms with E-state index in [1.165, 1.54) is 11.8 Å². The molecule has 7 nitrogen and oxygen atoms in total. The summed E-state index contributed by atoms with van der Waals surface area (Å²) in [7, 11) is 0. The number of rotatable bonds is 6. The number of nitrogens with zero attached hydrogens (tertiary/aromatic N) is 4. The van der Waals surface area contributed by atoms with Gasteiger partial charge in [0.25, 0.3) is 0 Å². The minimum Gasteiger partial charge on any atom is -0.376 e. The number of fused-ring (bicyclic) bond motifs is 3. The molecular weight excluding hydrogens is 386 g/mol. The smallest absolute Gasteiger partial charge is 0.231 e. The lowest BCUT2D eigenvalue weighted by molar-refractivity contribution is 0.0957. The molecule has 8 heteroatoms. The Morgan fingerprint density at radius 3 is 3.03 bits per heavy atom. The second-order valence-corrected chi connectivity index (χ2v) is 8.45. The molecule has 0 saturated carbocycles. The van der Waals surface area contributed by atoms with E-state index in [4.69, 9.17) is 4.74 Å². The first-order valence-corrected chi connectivity index (χ1v) is 10.9. The van der Waals surface area contributed by atoms with Gasteiger partial charge < -0.3 is 9.30 Å². The molecule has 1 aromatic carbocycles. The van der Waals surface area contributed by atoms with Crippen molar-refractivity contribution in [3.63, 3.8) is 0 Å². The number of hydrogen-bond acceptors (Lipinski definition) is 5. The lowest BCUT2D eigenvalue weighted by atomic mass is 10.2. The van der Waals surface area contributed by atoms with E-state index >= 15 is 0 Å². The van der Waals surface area contributed by atoms with Crippen molar-refractivity contribution in [3.8, 4) is 0 Å². The average molecular weight is 410 g/mol. The first-order chi connectivity index (χ1) is 14.1. The van der Waals surface area contributed by atoms with Crippen molar-refractivity contribution in [1.82, 2.24) is 24.1 Å². The average Bonchev–Trinajstić information content (AvgIpc) is 3.48. The fourth-order valence-electron chi connectivity index (χ4n) is 4.10. The number of thioether (sulfide) groups is 1. The Hall–Kier alpha value is -2.58. The summed E-state index contributed by atoms with van der Waals surface area (Å²) in [5.41, 5.74) is 4.81. The molecule has 0 spiro atoms. The molecule has 5 rings (SSSR count). The van der Waals surface area contributed by atoms with Crippen LogP contribution in [0.15, 0.2) is 35.5 Å². The number of carbonyl (C=O) groups is 1. The van der Waals surface area contributed by atoms with Crippen LogP contribution in [0.4, 0.5) is 0 Å². The van der Waals surface area contributed by atoms with E-state index in [0.29, 0.717) is 11.5 Å². The number of carbonyl (C=O) groups excluding carboxylic acids is 1. The number of benzene rings is 1. The molecule has 1 fully saturated rings. The van der Waals surface area contributed by atoms with Gasteiger partial charge in [-0.2, -0.15) is 0 Å². The number of imidazole rings is 1. The number of aryl methyl sites for hydroxylation is 1. The maximum atomic E-state index is 13.0. The van der Waals surface area contributed by atoms with E-state index in [1.807, 2.05) is 41.7 Å². The van der Waals surface area contributed by atoms with Crippen LogP contribution in [-0.4, -0.2) is 48.4 Å². The predicted molar refractivity (Wildman–Crippen MR) is 113 cm³/mol. The number of aromatic amines is 1. The maximum Gasteiger partial charge on any atom is 0.231 e. The first kappa shape index (κ1) is 18.4. The van der Waals surface area contributed by atoms with Crippen molar-refractivity contribution >= 4 is 34.4 Å². The number of Topliss-reactive ketones (excluding diaryl/α,β-unsaturated/α-hetero) is 1. The number of ketones is 1. The molecule has 1 aliphatic rings. The van der Waals surface area contributed by atoms with Gasteiger partial charge in [0, 0.05) is 30.1 Å². The van der Waals surface area contributed by atoms with Crippen LogP contribution in [0.3, 0.4) is 0 Å². The van der Waals surface area contributed by atoms with Crippen LogP contribution in [0.5, 0.6) is 0 Å². The number of ether oxygens (including phenoxy) is 1. The molecule has 1 aliphatic heterocycles. The van der Waals surface area contributed by atoms with Gasteiger partial charge in [0.15, 0.2) is 10.9 Å². The van der Waals surface area contributed by atoms with E-state index in [0.717, 1.165) is 59.1 Å². The molecule has 1 atom stereocenters. The first-order valence-electron chi connectivity index (χ1n) is 9.87. The Morgan fingerprint density at radius 1 is 1.34 bits per heavy atom. The summed E-state index contributed by atoms with van der Waals surface area (Å²) in [5, 5.41) is 8.05. The van der Waals surface area contributed by atoms with Gasteiger partial charge in [0.05, 0.1) is 22.9 Å². The van der Waals surface area contributed by atoms with Gasteiger partial charge in [0.1, 0.15) is 0 Å². The van der Waals surface area contributed by atoms with Crippen molar-refractivity contribution in [2.75, 3.05) is 12.4 Å². The molecule has 29 heavy (non-hydrogen) atoms. The third kappa shape index (κ3) is 3.26. The quantitative estimate of drug-likeness (QED) is 0.387. The van der Waals surface area contributed by atoms with E-state index in [2.05, 4.69) is 26.7 Å². The van der Waals surface area contributed by atoms with Gasteiger partial charge in [-0.25, -0.2) is 10.1 Å². The number of hydrogen-bond donors (Lipinski definition) is 1. The standard InChI is InChI=1S/C21H23N5O2S/c1-13-10-16(14(2)25(13)11-15-6-5-9-28-15)19(27)12-29-21-24-23-20-22-17-7-3-4-8-18(17)26(20)21/h3-4,7-8,10,15H,5-6,9,11-12H2,1-2H3,(H,22,23)/t15-/m0/s1. The molecule has 0 bridgehead atoms. The Labute approximate surface area is 172 Å². The summed E-state index contributed by atoms with van der Waals surface area (Å²) in [4.78, 5) is 17.5. The van der Waals surface area contributed by atoms with Gasteiger partial charge in [-0.3, -0.25) is 9.20 Å². The van der Waals surface area contributed by atoms with Crippen molar-refractivity contribution in [3.05, 3.63) is 47.3 Å². The Bertz CT molecular complexity index is 1200. The van der Waals surface area contributed by atoms with Crippen LogP contribution in [0.1, 0.15) is 34.6 Å². The second-order valence-electron chi connectivity index (χ2n) is 7.51. The van der Waals surface area contributed by atoms with Crippen LogP contribution in [-0.2, 0) is 11.3 Å². The number of H-pyrrole nitrogens is 1. The number of para-hydroxylation sites is 2. The minimum atomic E-state index is 0.113. The molecule has 4 heterocycles. The Morgan fingerprint density at radius 2 is 2.21 bits per heavy atom. The van der Waals surface area contributed by atoms with Crippen LogP contribution in [0.2, 0.25) is 0 Å². The summed E-state index contributed by atoms with van der Waals surface area (Å²) < 4.78 is 9.95. The van der Waals surface area contributed by atoms with Crippen molar-refractivity contribution < 1.29 is 9.53 Å². The monoisotopic (exact) mass is 409 g/mol. The minimum absolute atomic E-state index is 0.113. The third-order valence-corrected chi connectivity index (χ3v) is 6.56. The zero-order valence-electron chi connectivity index (χ0n) is 16.5. The predicted octanol–water partition coefficient (Wildman–Crippen LogP) is 3.78. The van der Waals surface area contributed by atoms with Gasteiger partial charge in [-0.15, -0.1) is 5.10 Å². The van der Waals surface area contributed by atoms with E-state index in [1.54, 1.807) is 0 Å². The summed E-state index contributed by atoms with van der Waals surface area (Å²) in [5.74, 6) is 1.13. The van der Waals surface area contributed by atoms with Crippen LogP contribution >= 0.6 is 11.8 Å². The van der Waals surface area contributed by atoms with Crippen LogP contribution < -0.4 is 0 Å². The molecule has 0 amide bonds. The Kier molecular flexibility index (Phi) is 4.67. The largest absolute Gasteiger partial charge is 0.376 e. The number of nitrogens with one attached hydrogen (secondary N) is 1. The molecule has 0 radical (unpaired) electrons. The van der Waals surface area contributed by atoms with E-state index in [-0.39, 0.29) is 11.9 Å². The fraction of sp³-hybridized carbons (Fsp3) is 0.381. The van der Waals surface area contributed by atoms with Gasteiger partial charge in [-0.1, -0.05) is 23.9 Å². The van der Waals surface area contributed by atoms with E-state index < -0.39 is 0 Å². The van der Waals surface area contributed by atoms with Gasteiger partial charge in [-0.05, 0) is 44.9 Å². The van der Waals surface area contributed by atoms with E-state index in [9.17, 15) is 4.79 Å². The zero-order chi connectivity index (χ0) is 20.0. The highest BCUT2D eigenvalue weighted by Gasteiger charge is 2.22. The highest BCUT2D eigenvalue weighted by Crippen LogP contribution is 2.25. The molecule has 150 valence electrons. The lowest BCUT2D eigenvalue weighted by Gasteiger charge is -2.14. The normalized spacial score (nSPS) is 17.0. The fourth-order valence-corrected chi connectivity index (χ4v) is 4.94. The van der Waals surface area contributed by atoms with Crippen molar-refractivity contribution in [2.24, 2.45) is 0 Å². The molecule has 1 N–H and O–H groups in total. The highest BCUT2D eigenvalue weighted by molar-refractivity contribution is 7.99. The van der Waals surface area contributed by atoms with Crippen molar-refractivity contribution in [2.45, 2.75) is 44.5 Å². The lowest BCUT2D eigenvalue weighted by Crippen LogP contribution is -2.17. The summed E-state index contributed by atoms with van der Waals surface area (Å²) in [6.07, 6.45) is 2.46. The second kappa shape index (κ2) is 7.35. The molecule has 0 unspecified atom stereocenters. The summed E-state index contributed by atoms with van der Waals surface area (Å²) in [6.45, 7) is 5.74. The molecule has 1 saturated heterocycles. The van der Waals surface area contributed by atoms with Crippen LogP contribution in [0, 0.1) is 13.8 Å². The summed E-state index contributed by atoms with van der Waals surface area (Å²) in [6, 6.07) is 9.92. The van der Waals surface area contributed by atoms with Gasteiger partial charge >= 0.3 is 0 Å². The molecule has 4 aromatic rings. The Balaban J connectivity index is 1.35.